The summed E-state index contributed by atoms with van der Waals surface area (Å²) in [5.74, 6) is 2.66. The van der Waals surface area contributed by atoms with Crippen molar-refractivity contribution in [2.45, 2.75) is 66.5 Å². The van der Waals surface area contributed by atoms with Crippen molar-refractivity contribution in [1.29, 1.82) is 0 Å². The van der Waals surface area contributed by atoms with Crippen LogP contribution < -0.4 is 0 Å². The van der Waals surface area contributed by atoms with Crippen molar-refractivity contribution >= 4 is 18.3 Å². The number of hydrogen-bond acceptors (Lipinski definition) is 0. The van der Waals surface area contributed by atoms with Crippen LogP contribution in [0.5, 0.6) is 0 Å². The molecule has 94 valence electrons. The highest BCUT2D eigenvalue weighted by Crippen LogP contribution is 2.37. The maximum Gasteiger partial charge on any atom is 0.196 e. The van der Waals surface area contributed by atoms with Crippen molar-refractivity contribution in [3.05, 3.63) is 11.0 Å². The van der Waals surface area contributed by atoms with Crippen LogP contribution in [0.3, 0.4) is 0 Å². The van der Waals surface area contributed by atoms with Gasteiger partial charge in [-0.1, -0.05) is 78.0 Å². The Labute approximate surface area is 108 Å². The molecule has 0 heterocycles. The van der Waals surface area contributed by atoms with Gasteiger partial charge in [0.25, 0.3) is 0 Å². The van der Waals surface area contributed by atoms with Crippen molar-refractivity contribution in [2.24, 2.45) is 11.8 Å². The second-order valence-electron chi connectivity index (χ2n) is 5.73. The Morgan fingerprint density at radius 3 is 1.62 bits per heavy atom. The molecule has 2 unspecified atom stereocenters. The molecule has 0 aliphatic rings. The molecular formula is C14H28BCl. The van der Waals surface area contributed by atoms with Crippen LogP contribution in [0, 0.1) is 11.8 Å². The van der Waals surface area contributed by atoms with Gasteiger partial charge in [0.15, 0.2) is 6.71 Å². The average Bonchev–Trinajstić information content (AvgIpc) is 2.17. The van der Waals surface area contributed by atoms with Crippen LogP contribution in [-0.2, 0) is 0 Å². The molecule has 0 aromatic rings. The SMILES string of the molecule is CC/C=C(\Cl)B(C(C)C(C)C)C(C)C(C)C. The maximum atomic E-state index is 6.49. The van der Waals surface area contributed by atoms with E-state index in [1.54, 1.807) is 0 Å². The third kappa shape index (κ3) is 4.53. The lowest BCUT2D eigenvalue weighted by Crippen LogP contribution is -2.30. The van der Waals surface area contributed by atoms with Crippen molar-refractivity contribution in [3.8, 4) is 0 Å². The predicted octanol–water partition coefficient (Wildman–Crippen LogP) is 5.65. The summed E-state index contributed by atoms with van der Waals surface area (Å²) in [4.78, 5) is 1.07. The van der Waals surface area contributed by atoms with Crippen molar-refractivity contribution in [2.75, 3.05) is 0 Å². The van der Waals surface area contributed by atoms with E-state index in [0.29, 0.717) is 30.2 Å². The van der Waals surface area contributed by atoms with E-state index in [4.69, 9.17) is 11.6 Å². The molecule has 0 bridgehead atoms. The molecule has 2 atom stereocenters. The first-order chi connectivity index (χ1) is 7.32. The van der Waals surface area contributed by atoms with Crippen molar-refractivity contribution in [3.63, 3.8) is 0 Å². The molecule has 0 amide bonds. The first kappa shape index (κ1) is 16.1. The predicted molar refractivity (Wildman–Crippen MR) is 78.5 cm³/mol. The third-order valence-electron chi connectivity index (χ3n) is 3.95. The molecule has 0 aliphatic heterocycles. The van der Waals surface area contributed by atoms with Gasteiger partial charge in [-0.3, -0.25) is 0 Å². The van der Waals surface area contributed by atoms with E-state index < -0.39 is 0 Å². The Morgan fingerprint density at radius 2 is 1.38 bits per heavy atom. The monoisotopic (exact) mass is 242 g/mol. The first-order valence-electron chi connectivity index (χ1n) is 6.68. The minimum Gasteiger partial charge on any atom is -0.100 e. The molecule has 0 N–H and O–H groups in total. The van der Waals surface area contributed by atoms with Crippen LogP contribution in [0.25, 0.3) is 0 Å². The normalized spacial score (nSPS) is 16.8. The largest absolute Gasteiger partial charge is 0.196 e. The molecule has 0 nitrogen and oxygen atoms in total. The zero-order valence-corrected chi connectivity index (χ0v) is 12.8. The summed E-state index contributed by atoms with van der Waals surface area (Å²) in [6.07, 6.45) is 3.22. The van der Waals surface area contributed by atoms with Gasteiger partial charge in [0.1, 0.15) is 0 Å². The van der Waals surface area contributed by atoms with E-state index >= 15 is 0 Å². The Bertz CT molecular complexity index is 207. The fraction of sp³-hybridized carbons (Fsp3) is 0.857. The smallest absolute Gasteiger partial charge is 0.100 e. The van der Waals surface area contributed by atoms with Crippen LogP contribution in [0.2, 0.25) is 11.6 Å². The number of allylic oxidation sites excluding steroid dienone is 1. The Hall–Kier alpha value is 0.0949. The summed E-state index contributed by atoms with van der Waals surface area (Å²) in [6, 6.07) is 0. The van der Waals surface area contributed by atoms with Gasteiger partial charge in [-0.2, -0.15) is 0 Å². The topological polar surface area (TPSA) is 0 Å². The second kappa shape index (κ2) is 7.43. The van der Waals surface area contributed by atoms with Crippen molar-refractivity contribution < 1.29 is 0 Å². The minimum atomic E-state index is 0.515. The van der Waals surface area contributed by atoms with Gasteiger partial charge in [0.2, 0.25) is 0 Å². The first-order valence-corrected chi connectivity index (χ1v) is 7.06. The summed E-state index contributed by atoms with van der Waals surface area (Å²) in [6.45, 7) is 16.5. The zero-order chi connectivity index (χ0) is 12.9. The van der Waals surface area contributed by atoms with Gasteiger partial charge in [0.05, 0.1) is 0 Å². The van der Waals surface area contributed by atoms with Crippen LogP contribution in [0.15, 0.2) is 11.0 Å². The van der Waals surface area contributed by atoms with Gasteiger partial charge < -0.3 is 0 Å². The molecule has 0 radical (unpaired) electrons. The summed E-state index contributed by atoms with van der Waals surface area (Å²) >= 11 is 6.49. The van der Waals surface area contributed by atoms with Gasteiger partial charge in [-0.25, -0.2) is 0 Å². The highest BCUT2D eigenvalue weighted by molar-refractivity contribution is 6.80. The fourth-order valence-electron chi connectivity index (χ4n) is 2.14. The van der Waals surface area contributed by atoms with Crippen LogP contribution >= 0.6 is 11.6 Å². The van der Waals surface area contributed by atoms with E-state index in [1.165, 1.54) is 0 Å². The van der Waals surface area contributed by atoms with Gasteiger partial charge >= 0.3 is 0 Å². The summed E-state index contributed by atoms with van der Waals surface area (Å²) in [5.41, 5.74) is 0. The lowest BCUT2D eigenvalue weighted by Gasteiger charge is -2.31. The van der Waals surface area contributed by atoms with Gasteiger partial charge in [-0.15, -0.1) is 11.6 Å². The molecule has 0 spiro atoms. The molecule has 16 heavy (non-hydrogen) atoms. The van der Waals surface area contributed by atoms with E-state index in [-0.39, 0.29) is 0 Å². The van der Waals surface area contributed by atoms with Crippen LogP contribution in [-0.4, -0.2) is 6.71 Å². The highest BCUT2D eigenvalue weighted by Gasteiger charge is 2.33. The van der Waals surface area contributed by atoms with E-state index in [9.17, 15) is 0 Å². The maximum absolute atomic E-state index is 6.49. The number of hydrogen-bond donors (Lipinski definition) is 0. The van der Waals surface area contributed by atoms with Gasteiger partial charge in [-0.05, 0) is 11.4 Å². The molecule has 0 fully saturated rings. The number of rotatable bonds is 6. The lowest BCUT2D eigenvalue weighted by atomic mass is 9.31. The molecule has 0 aromatic heterocycles. The third-order valence-corrected chi connectivity index (χ3v) is 4.36. The average molecular weight is 243 g/mol. The quantitative estimate of drug-likeness (QED) is 0.528. The zero-order valence-electron chi connectivity index (χ0n) is 12.0. The molecule has 2 heteroatoms. The van der Waals surface area contributed by atoms with E-state index in [0.717, 1.165) is 11.4 Å². The van der Waals surface area contributed by atoms with Crippen LogP contribution in [0.1, 0.15) is 54.9 Å². The second-order valence-corrected chi connectivity index (χ2v) is 6.17. The standard InChI is InChI=1S/C14H28BCl/c1-8-9-14(16)15(12(6)10(2)3)13(7)11(4)5/h9-13H,8H2,1-7H3/b14-9-. The van der Waals surface area contributed by atoms with E-state index in [1.807, 2.05) is 0 Å². The molecule has 0 rings (SSSR count). The highest BCUT2D eigenvalue weighted by atomic mass is 35.5. The van der Waals surface area contributed by atoms with Crippen LogP contribution in [0.4, 0.5) is 0 Å². The Morgan fingerprint density at radius 1 is 1.00 bits per heavy atom. The fourth-order valence-corrected chi connectivity index (χ4v) is 2.69. The summed E-state index contributed by atoms with van der Waals surface area (Å²) < 4.78 is 0. The Kier molecular flexibility index (Phi) is 7.47. The molecule has 0 aliphatic carbocycles. The minimum absolute atomic E-state index is 0.515. The lowest BCUT2D eigenvalue weighted by molar-refractivity contribution is 0.566. The molecule has 0 aromatic carbocycles. The Balaban J connectivity index is 4.97. The van der Waals surface area contributed by atoms with Crippen molar-refractivity contribution in [1.82, 2.24) is 0 Å². The molecule has 0 saturated heterocycles. The van der Waals surface area contributed by atoms with E-state index in [2.05, 4.69) is 54.5 Å². The molecular weight excluding hydrogens is 214 g/mol. The van der Waals surface area contributed by atoms with Gasteiger partial charge in [0, 0.05) is 0 Å². The number of halogens is 1. The summed E-state index contributed by atoms with van der Waals surface area (Å²) in [5, 5.41) is 0. The summed E-state index contributed by atoms with van der Waals surface area (Å²) in [7, 11) is 0. The molecule has 0 saturated carbocycles.